The van der Waals surface area contributed by atoms with Crippen LogP contribution in [0, 0.1) is 0 Å². The van der Waals surface area contributed by atoms with E-state index in [0.29, 0.717) is 34.7 Å². The average molecular weight is 419 g/mol. The van der Waals surface area contributed by atoms with Crippen molar-refractivity contribution < 1.29 is 14.4 Å². The number of benzene rings is 3. The van der Waals surface area contributed by atoms with E-state index in [-0.39, 0.29) is 24.3 Å². The molecule has 3 aromatic carbocycles. The molecule has 30 heavy (non-hydrogen) atoms. The van der Waals surface area contributed by atoms with E-state index in [9.17, 15) is 14.4 Å². The van der Waals surface area contributed by atoms with Crippen molar-refractivity contribution in [3.8, 4) is 0 Å². The van der Waals surface area contributed by atoms with Gasteiger partial charge in [-0.1, -0.05) is 48.0 Å². The number of rotatable bonds is 6. The molecule has 1 aliphatic rings. The molecule has 3 amide bonds. The molecule has 1 aliphatic heterocycles. The lowest BCUT2D eigenvalue weighted by atomic mass is 10.1. The first-order chi connectivity index (χ1) is 14.5. The minimum Gasteiger partial charge on any atom is -0.352 e. The summed E-state index contributed by atoms with van der Waals surface area (Å²) in [5.74, 6) is -0.824. The molecule has 0 saturated heterocycles. The lowest BCUT2D eigenvalue weighted by Gasteiger charge is -2.14. The first-order valence-corrected chi connectivity index (χ1v) is 9.97. The number of halogens is 1. The number of fused-ring (bicyclic) bond motifs is 1. The summed E-state index contributed by atoms with van der Waals surface area (Å²) in [6, 6.07) is 21.3. The van der Waals surface area contributed by atoms with Crippen molar-refractivity contribution in [2.45, 2.75) is 13.0 Å². The Balaban J connectivity index is 1.39. The second kappa shape index (κ2) is 8.51. The van der Waals surface area contributed by atoms with Gasteiger partial charge >= 0.3 is 0 Å². The van der Waals surface area contributed by atoms with E-state index in [1.165, 1.54) is 4.90 Å². The Morgan fingerprint density at radius 1 is 0.833 bits per heavy atom. The van der Waals surface area contributed by atoms with Crippen molar-refractivity contribution in [2.75, 3.05) is 6.54 Å². The van der Waals surface area contributed by atoms with Crippen LogP contribution in [0.25, 0.3) is 0 Å². The van der Waals surface area contributed by atoms with E-state index in [2.05, 4.69) is 5.32 Å². The van der Waals surface area contributed by atoms with E-state index >= 15 is 0 Å². The number of nitrogens with zero attached hydrogens (tertiary/aromatic N) is 1. The lowest BCUT2D eigenvalue weighted by molar-refractivity contribution is 0.0642. The van der Waals surface area contributed by atoms with Crippen LogP contribution in [0.4, 0.5) is 0 Å². The monoisotopic (exact) mass is 418 g/mol. The predicted octanol–water partition coefficient (Wildman–Crippen LogP) is 4.11. The molecule has 0 atom stereocenters. The molecule has 0 unspecified atom stereocenters. The van der Waals surface area contributed by atoms with E-state index in [1.54, 1.807) is 48.5 Å². The second-order valence-corrected chi connectivity index (χ2v) is 7.51. The van der Waals surface area contributed by atoms with Gasteiger partial charge in [0.1, 0.15) is 0 Å². The molecular weight excluding hydrogens is 400 g/mol. The number of nitrogens with one attached hydrogen (secondary N) is 1. The fraction of sp³-hybridized carbons (Fsp3) is 0.125. The summed E-state index contributed by atoms with van der Waals surface area (Å²) in [5.41, 5.74) is 3.12. The second-order valence-electron chi connectivity index (χ2n) is 7.07. The molecule has 150 valence electrons. The fourth-order valence-corrected chi connectivity index (χ4v) is 3.58. The Morgan fingerprint density at radius 3 is 2.17 bits per heavy atom. The van der Waals surface area contributed by atoms with Gasteiger partial charge in [-0.3, -0.25) is 19.3 Å². The zero-order valence-corrected chi connectivity index (χ0v) is 16.9. The molecule has 0 aliphatic carbocycles. The Labute approximate surface area is 179 Å². The molecule has 0 spiro atoms. The van der Waals surface area contributed by atoms with Crippen LogP contribution in [0.2, 0.25) is 5.02 Å². The Morgan fingerprint density at radius 2 is 1.50 bits per heavy atom. The molecule has 5 nitrogen and oxygen atoms in total. The minimum atomic E-state index is -0.312. The maximum atomic E-state index is 12.5. The van der Waals surface area contributed by atoms with Gasteiger partial charge in [-0.15, -0.1) is 0 Å². The standard InChI is InChI=1S/C24H19ClN2O3/c25-19-10-8-16(9-11-19)12-13-26-22(28)18-5-3-4-17(14-18)15-27-23(29)20-6-1-2-7-21(20)24(27)30/h1-11,14H,12-13,15H2,(H,26,28). The normalized spacial score (nSPS) is 12.8. The zero-order chi connectivity index (χ0) is 21.1. The SMILES string of the molecule is O=C(NCCc1ccc(Cl)cc1)c1cccc(CN2C(=O)c3ccccc3C2=O)c1. The van der Waals surface area contributed by atoms with E-state index in [1.807, 2.05) is 24.3 Å². The highest BCUT2D eigenvalue weighted by atomic mass is 35.5. The third-order valence-corrected chi connectivity index (χ3v) is 5.27. The number of imide groups is 1. The van der Waals surface area contributed by atoms with Gasteiger partial charge in [0.2, 0.25) is 0 Å². The Bertz CT molecular complexity index is 1090. The van der Waals surface area contributed by atoms with Crippen molar-refractivity contribution in [1.29, 1.82) is 0 Å². The van der Waals surface area contributed by atoms with Crippen LogP contribution in [0.5, 0.6) is 0 Å². The fourth-order valence-electron chi connectivity index (χ4n) is 3.45. The number of hydrogen-bond acceptors (Lipinski definition) is 3. The van der Waals surface area contributed by atoms with Gasteiger partial charge in [-0.25, -0.2) is 0 Å². The average Bonchev–Trinajstić information content (AvgIpc) is 3.00. The number of amides is 3. The highest BCUT2D eigenvalue weighted by Crippen LogP contribution is 2.24. The van der Waals surface area contributed by atoms with Crippen LogP contribution in [0.3, 0.4) is 0 Å². The highest BCUT2D eigenvalue weighted by Gasteiger charge is 2.34. The molecule has 4 rings (SSSR count). The number of carbonyl (C=O) groups excluding carboxylic acids is 3. The number of hydrogen-bond donors (Lipinski definition) is 1. The van der Waals surface area contributed by atoms with Crippen molar-refractivity contribution in [1.82, 2.24) is 10.2 Å². The van der Waals surface area contributed by atoms with Gasteiger partial charge in [0.15, 0.2) is 0 Å². The zero-order valence-electron chi connectivity index (χ0n) is 16.1. The third-order valence-electron chi connectivity index (χ3n) is 5.02. The quantitative estimate of drug-likeness (QED) is 0.612. The number of carbonyl (C=O) groups is 3. The van der Waals surface area contributed by atoms with Gasteiger partial charge in [-0.05, 0) is 53.9 Å². The van der Waals surface area contributed by atoms with Crippen molar-refractivity contribution >= 4 is 29.3 Å². The summed E-state index contributed by atoms with van der Waals surface area (Å²) < 4.78 is 0. The van der Waals surface area contributed by atoms with Crippen LogP contribution >= 0.6 is 11.6 Å². The largest absolute Gasteiger partial charge is 0.352 e. The van der Waals surface area contributed by atoms with E-state index in [4.69, 9.17) is 11.6 Å². The van der Waals surface area contributed by atoms with Crippen LogP contribution in [-0.4, -0.2) is 29.2 Å². The predicted molar refractivity (Wildman–Crippen MR) is 115 cm³/mol. The van der Waals surface area contributed by atoms with Crippen LogP contribution in [-0.2, 0) is 13.0 Å². The summed E-state index contributed by atoms with van der Waals surface area (Å²) in [7, 11) is 0. The molecule has 1 N–H and O–H groups in total. The van der Waals surface area contributed by atoms with Crippen LogP contribution in [0.15, 0.2) is 72.8 Å². The summed E-state index contributed by atoms with van der Waals surface area (Å²) in [6.45, 7) is 0.612. The van der Waals surface area contributed by atoms with E-state index in [0.717, 1.165) is 11.1 Å². The molecule has 0 saturated carbocycles. The molecule has 0 fully saturated rings. The van der Waals surface area contributed by atoms with Crippen LogP contribution < -0.4 is 5.32 Å². The molecule has 0 radical (unpaired) electrons. The summed E-state index contributed by atoms with van der Waals surface area (Å²) in [5, 5.41) is 3.57. The van der Waals surface area contributed by atoms with Gasteiger partial charge in [0.25, 0.3) is 17.7 Å². The first-order valence-electron chi connectivity index (χ1n) is 9.60. The topological polar surface area (TPSA) is 66.5 Å². The van der Waals surface area contributed by atoms with Gasteiger partial charge in [0, 0.05) is 17.1 Å². The van der Waals surface area contributed by atoms with Crippen molar-refractivity contribution in [3.63, 3.8) is 0 Å². The maximum absolute atomic E-state index is 12.5. The van der Waals surface area contributed by atoms with Crippen molar-refractivity contribution in [3.05, 3.63) is 106 Å². The molecule has 1 heterocycles. The third kappa shape index (κ3) is 4.11. The molecule has 0 bridgehead atoms. The first kappa shape index (κ1) is 19.9. The summed E-state index contributed by atoms with van der Waals surface area (Å²) in [4.78, 5) is 38.8. The highest BCUT2D eigenvalue weighted by molar-refractivity contribution is 6.30. The smallest absolute Gasteiger partial charge is 0.261 e. The molecular formula is C24H19ClN2O3. The van der Waals surface area contributed by atoms with E-state index < -0.39 is 0 Å². The maximum Gasteiger partial charge on any atom is 0.261 e. The Kier molecular flexibility index (Phi) is 5.63. The molecule has 3 aromatic rings. The molecule has 6 heteroatoms. The molecule has 0 aromatic heterocycles. The lowest BCUT2D eigenvalue weighted by Crippen LogP contribution is -2.29. The summed E-state index contributed by atoms with van der Waals surface area (Å²) in [6.07, 6.45) is 0.692. The summed E-state index contributed by atoms with van der Waals surface area (Å²) >= 11 is 5.88. The van der Waals surface area contributed by atoms with Gasteiger partial charge in [0.05, 0.1) is 17.7 Å². The van der Waals surface area contributed by atoms with Crippen molar-refractivity contribution in [2.24, 2.45) is 0 Å². The van der Waals surface area contributed by atoms with Crippen LogP contribution in [0.1, 0.15) is 42.2 Å². The van der Waals surface area contributed by atoms with Gasteiger partial charge < -0.3 is 5.32 Å². The minimum absolute atomic E-state index is 0.123. The van der Waals surface area contributed by atoms with Gasteiger partial charge in [-0.2, -0.15) is 0 Å². The Hall–Kier alpha value is -3.44.